The quantitative estimate of drug-likeness (QED) is 0.341. The Bertz CT molecular complexity index is 102. The molecule has 1 atom stereocenters. The molecular weight excluding hydrogens is 204 g/mol. The van der Waals surface area contributed by atoms with E-state index in [1.165, 1.54) is 0 Å². The SMILES string of the molecule is FCC(F)C[SiH2]CC[SiH2]C(F)F. The number of hydrogen-bond acceptors (Lipinski definition) is 0. The third kappa shape index (κ3) is 8.25. The Morgan fingerprint density at radius 3 is 2.25 bits per heavy atom. The average molecular weight is 218 g/mol. The highest BCUT2D eigenvalue weighted by Gasteiger charge is 2.06. The van der Waals surface area contributed by atoms with Crippen LogP contribution in [0.15, 0.2) is 0 Å². The van der Waals surface area contributed by atoms with E-state index in [-0.39, 0.29) is 0 Å². The van der Waals surface area contributed by atoms with E-state index in [1.54, 1.807) is 0 Å². The van der Waals surface area contributed by atoms with Crippen molar-refractivity contribution in [2.75, 3.05) is 6.67 Å². The van der Waals surface area contributed by atoms with Crippen molar-refractivity contribution < 1.29 is 17.6 Å². The summed E-state index contributed by atoms with van der Waals surface area (Å²) in [6.07, 6.45) is -1.33. The normalized spacial score (nSPS) is 15.8. The molecule has 0 radical (unpaired) electrons. The van der Waals surface area contributed by atoms with Gasteiger partial charge in [-0.2, -0.15) is 0 Å². The molecule has 0 aromatic carbocycles. The van der Waals surface area contributed by atoms with Crippen LogP contribution in [0, 0.1) is 0 Å². The molecule has 0 bridgehead atoms. The van der Waals surface area contributed by atoms with Gasteiger partial charge in [-0.15, -0.1) is 0 Å². The number of halogens is 4. The maximum atomic E-state index is 12.2. The van der Waals surface area contributed by atoms with Crippen molar-refractivity contribution in [2.24, 2.45) is 0 Å². The molecule has 0 aliphatic rings. The highest BCUT2D eigenvalue weighted by Crippen LogP contribution is 2.03. The van der Waals surface area contributed by atoms with E-state index in [0.29, 0.717) is 12.1 Å². The minimum atomic E-state index is -2.11. The fourth-order valence-corrected chi connectivity index (χ4v) is 4.68. The smallest absolute Gasteiger partial charge is 0.214 e. The lowest BCUT2D eigenvalue weighted by atomic mass is 10.5. The predicted octanol–water partition coefficient (Wildman–Crippen LogP) is 1.11. The van der Waals surface area contributed by atoms with Crippen molar-refractivity contribution in [1.29, 1.82) is 0 Å². The molecule has 0 N–H and O–H groups in total. The molecule has 0 saturated carbocycles. The highest BCUT2D eigenvalue weighted by atomic mass is 28.2. The fraction of sp³-hybridized carbons (Fsp3) is 1.00. The lowest BCUT2D eigenvalue weighted by Crippen LogP contribution is -2.08. The Kier molecular flexibility index (Phi) is 7.88. The van der Waals surface area contributed by atoms with Crippen molar-refractivity contribution >= 4 is 19.0 Å². The second kappa shape index (κ2) is 7.78. The summed E-state index contributed by atoms with van der Waals surface area (Å²) in [5, 5.41) is 0. The number of rotatable bonds is 7. The maximum Gasteiger partial charge on any atom is 0.214 e. The summed E-state index contributed by atoms with van der Waals surface area (Å²) < 4.78 is 47.1. The van der Waals surface area contributed by atoms with Gasteiger partial charge in [-0.3, -0.25) is 0 Å². The van der Waals surface area contributed by atoms with Gasteiger partial charge < -0.3 is 0 Å². The van der Waals surface area contributed by atoms with E-state index in [2.05, 4.69) is 0 Å². The molecule has 0 spiro atoms. The van der Waals surface area contributed by atoms with Gasteiger partial charge in [0.2, 0.25) is 6.05 Å². The largest absolute Gasteiger partial charge is 0.248 e. The van der Waals surface area contributed by atoms with E-state index < -0.39 is 37.9 Å². The molecule has 74 valence electrons. The molecule has 0 aromatic heterocycles. The van der Waals surface area contributed by atoms with Gasteiger partial charge in [0, 0.05) is 9.52 Å². The highest BCUT2D eigenvalue weighted by molar-refractivity contribution is 6.42. The maximum absolute atomic E-state index is 12.2. The third-order valence-corrected chi connectivity index (χ3v) is 5.99. The summed E-state index contributed by atoms with van der Waals surface area (Å²) >= 11 is 0. The lowest BCUT2D eigenvalue weighted by Gasteiger charge is -2.01. The summed E-state index contributed by atoms with van der Waals surface area (Å²) in [7, 11) is -1.82. The van der Waals surface area contributed by atoms with Crippen molar-refractivity contribution in [1.82, 2.24) is 0 Å². The van der Waals surface area contributed by atoms with Gasteiger partial charge in [0.15, 0.2) is 0 Å². The molecular formula is C6H14F4Si2. The molecule has 0 nitrogen and oxygen atoms in total. The third-order valence-electron chi connectivity index (χ3n) is 1.61. The van der Waals surface area contributed by atoms with Crippen LogP contribution in [0.5, 0.6) is 0 Å². The lowest BCUT2D eigenvalue weighted by molar-refractivity contribution is 0.238. The standard InChI is InChI=1S/C6H14F4Si2/c7-3-5(8)4-11-1-2-12-6(9)10/h5-6H,1-4,11-12H2. The molecule has 1 unspecified atom stereocenters. The Balaban J connectivity index is 3.00. The summed E-state index contributed by atoms with van der Waals surface area (Å²) in [6, 6.07) is -0.435. The van der Waals surface area contributed by atoms with Gasteiger partial charge in [-0.1, -0.05) is 12.1 Å². The van der Waals surface area contributed by atoms with Crippen molar-refractivity contribution in [3.05, 3.63) is 0 Å². The Morgan fingerprint density at radius 1 is 1.08 bits per heavy atom. The van der Waals surface area contributed by atoms with Crippen molar-refractivity contribution in [3.8, 4) is 0 Å². The molecule has 0 heterocycles. The summed E-state index contributed by atoms with van der Waals surface area (Å²) in [4.78, 5) is 0. The van der Waals surface area contributed by atoms with Gasteiger partial charge in [0.05, 0.1) is 0 Å². The van der Waals surface area contributed by atoms with Crippen LogP contribution in [0.25, 0.3) is 0 Å². The van der Waals surface area contributed by atoms with Gasteiger partial charge in [-0.25, -0.2) is 17.6 Å². The Morgan fingerprint density at radius 2 is 1.75 bits per heavy atom. The van der Waals surface area contributed by atoms with Crippen LogP contribution in [0.4, 0.5) is 17.6 Å². The van der Waals surface area contributed by atoms with E-state index >= 15 is 0 Å². The average Bonchev–Trinajstić information content (AvgIpc) is 2.03. The molecule has 0 aromatic rings. The molecule has 0 amide bonds. The number of hydrogen-bond donors (Lipinski definition) is 0. The van der Waals surface area contributed by atoms with Crippen molar-refractivity contribution in [3.63, 3.8) is 0 Å². The monoisotopic (exact) mass is 218 g/mol. The molecule has 12 heavy (non-hydrogen) atoms. The van der Waals surface area contributed by atoms with Crippen molar-refractivity contribution in [2.45, 2.75) is 30.4 Å². The van der Waals surface area contributed by atoms with Crippen LogP contribution in [-0.2, 0) is 0 Å². The van der Waals surface area contributed by atoms with Gasteiger partial charge in [-0.05, 0) is 6.04 Å². The van der Waals surface area contributed by atoms with Crippen LogP contribution in [0.3, 0.4) is 0 Å². The zero-order chi connectivity index (χ0) is 9.40. The second-order valence-electron chi connectivity index (χ2n) is 2.78. The minimum Gasteiger partial charge on any atom is -0.248 e. The number of alkyl halides is 4. The Hall–Kier alpha value is 0.154. The van der Waals surface area contributed by atoms with E-state index in [9.17, 15) is 17.6 Å². The molecule has 0 aliphatic heterocycles. The van der Waals surface area contributed by atoms with Crippen LogP contribution < -0.4 is 0 Å². The first-order valence-corrected chi connectivity index (χ1v) is 7.96. The molecule has 0 saturated heterocycles. The first kappa shape index (κ1) is 12.2. The van der Waals surface area contributed by atoms with Gasteiger partial charge in [0.1, 0.15) is 22.4 Å². The van der Waals surface area contributed by atoms with E-state index in [4.69, 9.17) is 0 Å². The van der Waals surface area contributed by atoms with Crippen LogP contribution in [0.2, 0.25) is 18.1 Å². The fourth-order valence-electron chi connectivity index (χ4n) is 0.918. The zero-order valence-electron chi connectivity index (χ0n) is 6.91. The zero-order valence-corrected chi connectivity index (χ0v) is 9.74. The molecule has 6 heteroatoms. The van der Waals surface area contributed by atoms with E-state index in [1.807, 2.05) is 0 Å². The summed E-state index contributed by atoms with van der Waals surface area (Å²) in [5.41, 5.74) is 0. The summed E-state index contributed by atoms with van der Waals surface area (Å²) in [6.45, 7) is -0.917. The van der Waals surface area contributed by atoms with E-state index in [0.717, 1.165) is 6.04 Å². The molecule has 0 aliphatic carbocycles. The van der Waals surface area contributed by atoms with Gasteiger partial charge >= 0.3 is 0 Å². The summed E-state index contributed by atoms with van der Waals surface area (Å²) in [5.74, 6) is 0. The first-order chi connectivity index (χ1) is 5.66. The topological polar surface area (TPSA) is 0 Å². The van der Waals surface area contributed by atoms with Gasteiger partial charge in [0.25, 0.3) is 0 Å². The van der Waals surface area contributed by atoms with Crippen LogP contribution in [0.1, 0.15) is 0 Å². The predicted molar refractivity (Wildman–Crippen MR) is 48.4 cm³/mol. The second-order valence-corrected chi connectivity index (χ2v) is 6.67. The minimum absolute atomic E-state index is 0.314. The van der Waals surface area contributed by atoms with Crippen LogP contribution >= 0.6 is 0 Å². The van der Waals surface area contributed by atoms with Crippen LogP contribution in [-0.4, -0.2) is 37.9 Å². The Labute approximate surface area is 74.4 Å². The molecule has 0 rings (SSSR count). The molecule has 0 fully saturated rings. The first-order valence-electron chi connectivity index (χ1n) is 4.15.